The van der Waals surface area contributed by atoms with Gasteiger partial charge in [-0.3, -0.25) is 4.79 Å². The maximum absolute atomic E-state index is 12.4. The second-order valence-electron chi connectivity index (χ2n) is 6.30. The lowest BCUT2D eigenvalue weighted by atomic mass is 10.3. The third kappa shape index (κ3) is 4.52. The largest absolute Gasteiger partial charge is 0.357 e. The first-order valence-electron chi connectivity index (χ1n) is 9.14. The molecule has 27 heavy (non-hydrogen) atoms. The van der Waals surface area contributed by atoms with Crippen molar-refractivity contribution in [2.24, 2.45) is 0 Å². The van der Waals surface area contributed by atoms with Gasteiger partial charge in [-0.1, -0.05) is 6.08 Å². The third-order valence-corrected chi connectivity index (χ3v) is 4.26. The fourth-order valence-electron chi connectivity index (χ4n) is 2.97. The van der Waals surface area contributed by atoms with Crippen LogP contribution in [0, 0.1) is 0 Å². The van der Waals surface area contributed by atoms with Crippen molar-refractivity contribution < 1.29 is 4.79 Å². The van der Waals surface area contributed by atoms with Crippen LogP contribution in [0.4, 0.5) is 5.82 Å². The van der Waals surface area contributed by atoms with Crippen LogP contribution in [0.5, 0.6) is 0 Å². The van der Waals surface area contributed by atoms with E-state index in [1.54, 1.807) is 29.3 Å². The Morgan fingerprint density at radius 2 is 2.15 bits per heavy atom. The lowest BCUT2D eigenvalue weighted by molar-refractivity contribution is 0.0955. The zero-order valence-electron chi connectivity index (χ0n) is 15.6. The maximum Gasteiger partial charge on any atom is 0.256 e. The number of amides is 1. The van der Waals surface area contributed by atoms with E-state index in [1.807, 2.05) is 19.2 Å². The van der Waals surface area contributed by atoms with Crippen LogP contribution >= 0.6 is 0 Å². The number of anilines is 1. The highest BCUT2D eigenvalue weighted by atomic mass is 16.1. The predicted octanol–water partition coefficient (Wildman–Crippen LogP) is 2.22. The molecule has 4 rings (SSSR count). The number of aromatic nitrogens is 5. The molecule has 0 bridgehead atoms. The molecule has 1 amide bonds. The molecule has 0 radical (unpaired) electrons. The fourth-order valence-corrected chi connectivity index (χ4v) is 2.97. The Morgan fingerprint density at radius 3 is 2.85 bits per heavy atom. The summed E-state index contributed by atoms with van der Waals surface area (Å²) in [6.45, 7) is 7.82. The summed E-state index contributed by atoms with van der Waals surface area (Å²) in [5.41, 5.74) is 2.09. The van der Waals surface area contributed by atoms with Crippen LogP contribution in [-0.4, -0.2) is 50.1 Å². The molecule has 3 aromatic heterocycles. The van der Waals surface area contributed by atoms with Crippen LogP contribution < -0.4 is 10.2 Å². The summed E-state index contributed by atoms with van der Waals surface area (Å²) in [5.74, 6) is 0.752. The van der Waals surface area contributed by atoms with Crippen molar-refractivity contribution in [1.82, 2.24) is 29.9 Å². The lowest BCUT2D eigenvalue weighted by Crippen LogP contribution is -2.26. The van der Waals surface area contributed by atoms with Crippen molar-refractivity contribution in [1.29, 1.82) is 0 Å². The van der Waals surface area contributed by atoms with Crippen molar-refractivity contribution in [2.75, 3.05) is 24.5 Å². The van der Waals surface area contributed by atoms with Crippen molar-refractivity contribution in [2.45, 2.75) is 26.2 Å². The highest BCUT2D eigenvalue weighted by Gasteiger charge is 2.18. The number of H-pyrrole nitrogens is 1. The summed E-state index contributed by atoms with van der Waals surface area (Å²) in [6.07, 6.45) is 11.6. The van der Waals surface area contributed by atoms with E-state index in [2.05, 4.69) is 36.8 Å². The van der Waals surface area contributed by atoms with E-state index in [0.717, 1.165) is 24.6 Å². The number of rotatable bonds is 5. The van der Waals surface area contributed by atoms with E-state index in [4.69, 9.17) is 0 Å². The molecule has 0 aromatic carbocycles. The number of carbonyl (C=O) groups is 1. The number of hydrogen-bond acceptors (Lipinski definition) is 5. The summed E-state index contributed by atoms with van der Waals surface area (Å²) in [4.78, 5) is 26.3. The topological polar surface area (TPSA) is 91.2 Å². The quantitative estimate of drug-likeness (QED) is 0.675. The molecule has 0 unspecified atom stereocenters. The van der Waals surface area contributed by atoms with Crippen molar-refractivity contribution in [3.05, 3.63) is 54.9 Å². The van der Waals surface area contributed by atoms with Crippen LogP contribution in [-0.2, 0) is 6.42 Å². The average Bonchev–Trinajstić information content (AvgIpc) is 3.42. The molecule has 3 aromatic rings. The average molecular weight is 367 g/mol. The Balaban J connectivity index is 0.000000659. The molecular weight excluding hydrogens is 342 g/mol. The van der Waals surface area contributed by atoms with Gasteiger partial charge in [0.05, 0.1) is 12.5 Å². The number of imidazole rings is 1. The number of hydrogen-bond donors (Lipinski definition) is 2. The molecule has 1 saturated heterocycles. The number of nitrogens with one attached hydrogen (secondary N) is 2. The highest BCUT2D eigenvalue weighted by molar-refractivity contribution is 5.99. The van der Waals surface area contributed by atoms with Crippen molar-refractivity contribution in [3.63, 3.8) is 0 Å². The number of carbonyl (C=O) groups excluding carboxylic acids is 1. The molecular formula is C19H25N7O. The first-order valence-corrected chi connectivity index (χ1v) is 9.14. The molecule has 1 aliphatic heterocycles. The second kappa shape index (κ2) is 8.98. The number of aromatic amines is 1. The maximum atomic E-state index is 12.4. The summed E-state index contributed by atoms with van der Waals surface area (Å²) < 4.78 is 1.64. The Labute approximate surface area is 158 Å². The molecule has 2 N–H and O–H groups in total. The summed E-state index contributed by atoms with van der Waals surface area (Å²) in [7, 11) is 0. The molecule has 4 heterocycles. The van der Waals surface area contributed by atoms with Crippen molar-refractivity contribution in [3.8, 4) is 0 Å². The van der Waals surface area contributed by atoms with Crippen molar-refractivity contribution >= 4 is 17.4 Å². The minimum Gasteiger partial charge on any atom is -0.357 e. The number of fused-ring (bicyclic) bond motifs is 1. The van der Waals surface area contributed by atoms with Gasteiger partial charge in [0.15, 0.2) is 5.65 Å². The minimum atomic E-state index is -0.157. The van der Waals surface area contributed by atoms with Gasteiger partial charge >= 0.3 is 0 Å². The van der Waals surface area contributed by atoms with Gasteiger partial charge in [-0.2, -0.15) is 5.10 Å². The molecule has 0 aliphatic carbocycles. The molecule has 8 heteroatoms. The Kier molecular flexibility index (Phi) is 6.19. The first kappa shape index (κ1) is 18.6. The molecule has 1 fully saturated rings. The van der Waals surface area contributed by atoms with Crippen LogP contribution in [0.2, 0.25) is 0 Å². The Hall–Kier alpha value is -3.16. The first-order chi connectivity index (χ1) is 13.2. The van der Waals surface area contributed by atoms with E-state index in [1.165, 1.54) is 12.8 Å². The lowest BCUT2D eigenvalue weighted by Gasteiger charge is -2.16. The zero-order chi connectivity index (χ0) is 19.1. The smallest absolute Gasteiger partial charge is 0.256 e. The van der Waals surface area contributed by atoms with E-state index in [9.17, 15) is 4.79 Å². The molecule has 0 saturated carbocycles. The van der Waals surface area contributed by atoms with E-state index < -0.39 is 0 Å². The summed E-state index contributed by atoms with van der Waals surface area (Å²) >= 11 is 0. The monoisotopic (exact) mass is 367 g/mol. The van der Waals surface area contributed by atoms with Crippen LogP contribution in [0.15, 0.2) is 43.6 Å². The van der Waals surface area contributed by atoms with Gasteiger partial charge < -0.3 is 15.2 Å². The van der Waals surface area contributed by atoms with Gasteiger partial charge in [0.2, 0.25) is 0 Å². The SMILES string of the molecule is C=CC.O=C(NCCc1cnc[nH]1)c1cnn2ccc(N3CCCC3)nc12. The van der Waals surface area contributed by atoms with E-state index in [-0.39, 0.29) is 5.91 Å². The van der Waals surface area contributed by atoms with E-state index >= 15 is 0 Å². The van der Waals surface area contributed by atoms with Gasteiger partial charge in [0, 0.05) is 44.1 Å². The summed E-state index contributed by atoms with van der Waals surface area (Å²) in [6, 6.07) is 1.95. The number of allylic oxidation sites excluding steroid dienone is 1. The van der Waals surface area contributed by atoms with Gasteiger partial charge in [0.25, 0.3) is 5.91 Å². The number of nitrogens with zero attached hydrogens (tertiary/aromatic N) is 5. The van der Waals surface area contributed by atoms with E-state index in [0.29, 0.717) is 24.2 Å². The molecule has 0 spiro atoms. The van der Waals surface area contributed by atoms with Gasteiger partial charge in [-0.15, -0.1) is 6.58 Å². The fraction of sp³-hybridized carbons (Fsp3) is 0.368. The van der Waals surface area contributed by atoms with Crippen LogP contribution in [0.25, 0.3) is 5.65 Å². The Bertz CT molecular complexity index is 879. The third-order valence-electron chi connectivity index (χ3n) is 4.26. The molecule has 142 valence electrons. The Morgan fingerprint density at radius 1 is 1.37 bits per heavy atom. The normalized spacial score (nSPS) is 13.3. The van der Waals surface area contributed by atoms with Gasteiger partial charge in [-0.25, -0.2) is 14.5 Å². The summed E-state index contributed by atoms with van der Waals surface area (Å²) in [5, 5.41) is 7.13. The highest BCUT2D eigenvalue weighted by Crippen LogP contribution is 2.19. The van der Waals surface area contributed by atoms with Gasteiger partial charge in [0.1, 0.15) is 11.4 Å². The molecule has 0 atom stereocenters. The van der Waals surface area contributed by atoms with Crippen LogP contribution in [0.3, 0.4) is 0 Å². The standard InChI is InChI=1S/C16H19N7O.C3H6/c24-16(18-5-3-12-9-17-11-19-12)13-10-20-23-8-4-14(21-15(13)23)22-6-1-2-7-22;1-3-2/h4,8-11H,1-3,5-7H2,(H,17,19)(H,18,24);3H,1H2,2H3. The predicted molar refractivity (Wildman–Crippen MR) is 105 cm³/mol. The zero-order valence-corrected chi connectivity index (χ0v) is 15.6. The molecule has 1 aliphatic rings. The molecule has 8 nitrogen and oxygen atoms in total. The second-order valence-corrected chi connectivity index (χ2v) is 6.30. The van der Waals surface area contributed by atoms with Gasteiger partial charge in [-0.05, 0) is 25.8 Å². The van der Waals surface area contributed by atoms with Crippen LogP contribution in [0.1, 0.15) is 35.8 Å². The minimum absolute atomic E-state index is 0.157.